The van der Waals surface area contributed by atoms with Gasteiger partial charge in [-0.3, -0.25) is 4.79 Å². The summed E-state index contributed by atoms with van der Waals surface area (Å²) in [6.07, 6.45) is 1.83. The summed E-state index contributed by atoms with van der Waals surface area (Å²) in [4.78, 5) is 12.0. The SMILES string of the molecule is O=C(NC(CCCO)c1ccccc1)C1CC1(Cl)Cl. The highest BCUT2D eigenvalue weighted by molar-refractivity contribution is 6.52. The maximum absolute atomic E-state index is 12.0. The van der Waals surface area contributed by atoms with Crippen molar-refractivity contribution in [2.75, 3.05) is 6.61 Å². The number of hydrogen-bond donors (Lipinski definition) is 2. The molecule has 0 saturated heterocycles. The quantitative estimate of drug-likeness (QED) is 0.794. The zero-order valence-corrected chi connectivity index (χ0v) is 12.0. The number of carbonyl (C=O) groups excluding carboxylic acids is 1. The van der Waals surface area contributed by atoms with Crippen molar-refractivity contribution in [2.24, 2.45) is 5.92 Å². The number of nitrogens with one attached hydrogen (secondary N) is 1. The maximum Gasteiger partial charge on any atom is 0.226 e. The van der Waals surface area contributed by atoms with Crippen molar-refractivity contribution < 1.29 is 9.90 Å². The monoisotopic (exact) mass is 301 g/mol. The van der Waals surface area contributed by atoms with Gasteiger partial charge >= 0.3 is 0 Å². The summed E-state index contributed by atoms with van der Waals surface area (Å²) >= 11 is 11.8. The van der Waals surface area contributed by atoms with Crippen LogP contribution in [0.3, 0.4) is 0 Å². The summed E-state index contributed by atoms with van der Waals surface area (Å²) in [6, 6.07) is 9.60. The van der Waals surface area contributed by atoms with Gasteiger partial charge in [-0.2, -0.15) is 0 Å². The fraction of sp³-hybridized carbons (Fsp3) is 0.500. The molecule has 2 rings (SSSR count). The van der Waals surface area contributed by atoms with Crippen molar-refractivity contribution in [1.82, 2.24) is 5.32 Å². The van der Waals surface area contributed by atoms with Crippen LogP contribution in [0.25, 0.3) is 0 Å². The lowest BCUT2D eigenvalue weighted by atomic mass is 10.0. The lowest BCUT2D eigenvalue weighted by molar-refractivity contribution is -0.123. The van der Waals surface area contributed by atoms with E-state index in [0.717, 1.165) is 5.56 Å². The van der Waals surface area contributed by atoms with Crippen LogP contribution in [0.15, 0.2) is 30.3 Å². The lowest BCUT2D eigenvalue weighted by Crippen LogP contribution is -2.31. The van der Waals surface area contributed by atoms with Crippen LogP contribution in [-0.4, -0.2) is 22.0 Å². The highest BCUT2D eigenvalue weighted by Crippen LogP contribution is 2.53. The van der Waals surface area contributed by atoms with E-state index in [4.69, 9.17) is 28.3 Å². The van der Waals surface area contributed by atoms with Gasteiger partial charge in [0.2, 0.25) is 5.91 Å². The summed E-state index contributed by atoms with van der Waals surface area (Å²) in [5.41, 5.74) is 1.03. The van der Waals surface area contributed by atoms with Crippen LogP contribution in [0.2, 0.25) is 0 Å². The Kier molecular flexibility index (Phi) is 4.71. The largest absolute Gasteiger partial charge is 0.396 e. The molecule has 0 spiro atoms. The van der Waals surface area contributed by atoms with Crippen molar-refractivity contribution >= 4 is 29.1 Å². The van der Waals surface area contributed by atoms with Crippen molar-refractivity contribution in [2.45, 2.75) is 29.6 Å². The van der Waals surface area contributed by atoms with Crippen LogP contribution < -0.4 is 5.32 Å². The molecular weight excluding hydrogens is 285 g/mol. The van der Waals surface area contributed by atoms with Crippen LogP contribution in [0.4, 0.5) is 0 Å². The highest BCUT2D eigenvalue weighted by Gasteiger charge is 2.56. The minimum absolute atomic E-state index is 0.106. The van der Waals surface area contributed by atoms with Gasteiger partial charge in [-0.05, 0) is 24.8 Å². The molecule has 1 fully saturated rings. The lowest BCUT2D eigenvalue weighted by Gasteiger charge is -2.19. The molecule has 1 saturated carbocycles. The molecule has 0 radical (unpaired) electrons. The average Bonchev–Trinajstić information content (AvgIpc) is 3.04. The first-order valence-electron chi connectivity index (χ1n) is 6.38. The minimum Gasteiger partial charge on any atom is -0.396 e. The predicted molar refractivity (Wildman–Crippen MR) is 76.2 cm³/mol. The number of carbonyl (C=O) groups is 1. The molecule has 1 aliphatic rings. The van der Waals surface area contributed by atoms with Crippen molar-refractivity contribution in [3.8, 4) is 0 Å². The molecule has 0 aromatic heterocycles. The van der Waals surface area contributed by atoms with Gasteiger partial charge in [0.1, 0.15) is 4.33 Å². The Bertz CT molecular complexity index is 436. The molecule has 0 bridgehead atoms. The second-order valence-corrected chi connectivity index (χ2v) is 6.40. The first kappa shape index (κ1) is 14.6. The Morgan fingerprint density at radius 1 is 1.42 bits per heavy atom. The molecular formula is C14H17Cl2NO2. The van der Waals surface area contributed by atoms with Gasteiger partial charge in [0.25, 0.3) is 0 Å². The number of halogens is 2. The van der Waals surface area contributed by atoms with Crippen LogP contribution in [-0.2, 0) is 4.79 Å². The standard InChI is InChI=1S/C14H17Cl2NO2/c15-14(16)9-11(14)13(19)17-12(7-4-8-18)10-5-2-1-3-6-10/h1-3,5-6,11-12,18H,4,7-9H2,(H,17,19). The Morgan fingerprint density at radius 2 is 2.05 bits per heavy atom. The summed E-state index contributed by atoms with van der Waals surface area (Å²) < 4.78 is -0.900. The number of benzene rings is 1. The van der Waals surface area contributed by atoms with E-state index in [2.05, 4.69) is 5.32 Å². The van der Waals surface area contributed by atoms with Crippen molar-refractivity contribution in [3.05, 3.63) is 35.9 Å². The van der Waals surface area contributed by atoms with Crippen LogP contribution >= 0.6 is 23.2 Å². The molecule has 2 unspecified atom stereocenters. The molecule has 3 nitrogen and oxygen atoms in total. The Balaban J connectivity index is 2.00. The van der Waals surface area contributed by atoms with Gasteiger partial charge < -0.3 is 10.4 Å². The molecule has 104 valence electrons. The summed E-state index contributed by atoms with van der Waals surface area (Å²) in [5.74, 6) is -0.437. The van der Waals surface area contributed by atoms with E-state index < -0.39 is 4.33 Å². The van der Waals surface area contributed by atoms with Crippen LogP contribution in [0.5, 0.6) is 0 Å². The van der Waals surface area contributed by atoms with E-state index in [1.54, 1.807) is 0 Å². The third-order valence-electron chi connectivity index (χ3n) is 3.31. The Labute approximate surface area is 122 Å². The minimum atomic E-state index is -0.900. The third kappa shape index (κ3) is 3.85. The number of aliphatic hydroxyl groups excluding tert-OH is 1. The second kappa shape index (κ2) is 6.12. The highest BCUT2D eigenvalue weighted by atomic mass is 35.5. The van der Waals surface area contributed by atoms with E-state index in [-0.39, 0.29) is 24.5 Å². The number of amides is 1. The van der Waals surface area contributed by atoms with Gasteiger partial charge in [0.15, 0.2) is 0 Å². The summed E-state index contributed by atoms with van der Waals surface area (Å²) in [6.45, 7) is 0.109. The smallest absolute Gasteiger partial charge is 0.226 e. The fourth-order valence-corrected chi connectivity index (χ4v) is 2.58. The number of rotatable bonds is 6. The van der Waals surface area contributed by atoms with Crippen molar-refractivity contribution in [1.29, 1.82) is 0 Å². The first-order chi connectivity index (χ1) is 9.04. The van der Waals surface area contributed by atoms with Crippen LogP contribution in [0.1, 0.15) is 30.9 Å². The van der Waals surface area contributed by atoms with E-state index >= 15 is 0 Å². The summed E-state index contributed by atoms with van der Waals surface area (Å²) in [5, 5.41) is 11.9. The normalized spacial score (nSPS) is 21.7. The molecule has 1 aromatic carbocycles. The molecule has 19 heavy (non-hydrogen) atoms. The van der Waals surface area contributed by atoms with Gasteiger partial charge in [-0.15, -0.1) is 23.2 Å². The molecule has 0 aliphatic heterocycles. The molecule has 2 N–H and O–H groups in total. The number of hydrogen-bond acceptors (Lipinski definition) is 2. The van der Waals surface area contributed by atoms with Crippen molar-refractivity contribution in [3.63, 3.8) is 0 Å². The molecule has 1 aromatic rings. The molecule has 1 amide bonds. The van der Waals surface area contributed by atoms with Crippen LogP contribution in [0, 0.1) is 5.92 Å². The average molecular weight is 302 g/mol. The predicted octanol–water partition coefficient (Wildman–Crippen LogP) is 2.81. The molecule has 1 aliphatic carbocycles. The van der Waals surface area contributed by atoms with Gasteiger partial charge in [-0.25, -0.2) is 0 Å². The number of aliphatic hydroxyl groups is 1. The summed E-state index contributed by atoms with van der Waals surface area (Å²) in [7, 11) is 0. The van der Waals surface area contributed by atoms with E-state index in [1.807, 2.05) is 30.3 Å². The number of alkyl halides is 2. The molecule has 5 heteroatoms. The Hall–Kier alpha value is -0.770. The zero-order valence-electron chi connectivity index (χ0n) is 10.5. The van der Waals surface area contributed by atoms with Gasteiger partial charge in [0, 0.05) is 6.61 Å². The Morgan fingerprint density at radius 3 is 2.58 bits per heavy atom. The van der Waals surface area contributed by atoms with E-state index in [9.17, 15) is 4.79 Å². The third-order valence-corrected chi connectivity index (χ3v) is 4.15. The fourth-order valence-electron chi connectivity index (χ4n) is 2.07. The van der Waals surface area contributed by atoms with Gasteiger partial charge in [0.05, 0.1) is 12.0 Å². The van der Waals surface area contributed by atoms with Gasteiger partial charge in [-0.1, -0.05) is 30.3 Å². The molecule has 2 atom stereocenters. The zero-order chi connectivity index (χ0) is 13.9. The second-order valence-electron chi connectivity index (χ2n) is 4.86. The van der Waals surface area contributed by atoms with E-state index in [0.29, 0.717) is 19.3 Å². The topological polar surface area (TPSA) is 49.3 Å². The first-order valence-corrected chi connectivity index (χ1v) is 7.14. The molecule has 0 heterocycles. The maximum atomic E-state index is 12.0. The van der Waals surface area contributed by atoms with E-state index in [1.165, 1.54) is 0 Å².